The highest BCUT2D eigenvalue weighted by Gasteiger charge is 2.13. The van der Waals surface area contributed by atoms with Crippen molar-refractivity contribution in [3.05, 3.63) is 39.8 Å². The zero-order valence-electron chi connectivity index (χ0n) is 11.1. The minimum atomic E-state index is -0.255. The van der Waals surface area contributed by atoms with Gasteiger partial charge in [0.05, 0.1) is 11.8 Å². The van der Waals surface area contributed by atoms with E-state index in [4.69, 9.17) is 5.84 Å². The lowest BCUT2D eigenvalue weighted by Gasteiger charge is -2.09. The van der Waals surface area contributed by atoms with Gasteiger partial charge in [0.2, 0.25) is 0 Å². The van der Waals surface area contributed by atoms with E-state index in [0.29, 0.717) is 22.4 Å². The van der Waals surface area contributed by atoms with Crippen molar-refractivity contribution in [3.8, 4) is 0 Å². The lowest BCUT2D eigenvalue weighted by Crippen LogP contribution is -2.25. The Balaban J connectivity index is 2.12. The number of nitrogens with zero attached hydrogens (tertiary/aromatic N) is 3. The number of hydrazine groups is 1. The van der Waals surface area contributed by atoms with Crippen LogP contribution in [0.15, 0.2) is 22.9 Å². The molecular formula is C12H15BrN6O. The van der Waals surface area contributed by atoms with Gasteiger partial charge in [-0.1, -0.05) is 0 Å². The van der Waals surface area contributed by atoms with Gasteiger partial charge in [0.15, 0.2) is 5.82 Å². The van der Waals surface area contributed by atoms with Crippen LogP contribution in [0.5, 0.6) is 0 Å². The van der Waals surface area contributed by atoms with Crippen LogP contribution in [0.3, 0.4) is 0 Å². The molecule has 0 atom stereocenters. The number of amides is 1. The molecule has 0 aliphatic rings. The van der Waals surface area contributed by atoms with Crippen molar-refractivity contribution in [2.75, 3.05) is 5.43 Å². The van der Waals surface area contributed by atoms with Crippen LogP contribution in [0.2, 0.25) is 0 Å². The molecule has 7 nitrogen and oxygen atoms in total. The molecule has 0 radical (unpaired) electrons. The number of aryl methyl sites for hydroxylation is 1. The number of aromatic nitrogens is 3. The normalized spacial score (nSPS) is 10.4. The zero-order valence-corrected chi connectivity index (χ0v) is 12.7. The van der Waals surface area contributed by atoms with Gasteiger partial charge in [-0.25, -0.2) is 10.8 Å². The largest absolute Gasteiger partial charge is 0.348 e. The third-order valence-electron chi connectivity index (χ3n) is 3.01. The summed E-state index contributed by atoms with van der Waals surface area (Å²) in [4.78, 5) is 16.2. The van der Waals surface area contributed by atoms with Gasteiger partial charge in [-0.15, -0.1) is 0 Å². The minimum absolute atomic E-state index is 0.255. The second-order valence-corrected chi connectivity index (χ2v) is 5.17. The third kappa shape index (κ3) is 2.97. The molecule has 0 aliphatic carbocycles. The maximum atomic E-state index is 12.2. The molecule has 8 heteroatoms. The number of pyridine rings is 1. The first-order chi connectivity index (χ1) is 9.52. The van der Waals surface area contributed by atoms with Crippen LogP contribution >= 0.6 is 15.9 Å². The monoisotopic (exact) mass is 338 g/mol. The summed E-state index contributed by atoms with van der Waals surface area (Å²) in [6, 6.07) is 1.66. The molecule has 0 aromatic carbocycles. The molecule has 4 N–H and O–H groups in total. The van der Waals surface area contributed by atoms with Crippen molar-refractivity contribution in [3.63, 3.8) is 0 Å². The molecule has 2 rings (SSSR count). The van der Waals surface area contributed by atoms with Crippen molar-refractivity contribution in [1.82, 2.24) is 20.1 Å². The van der Waals surface area contributed by atoms with Gasteiger partial charge >= 0.3 is 0 Å². The Morgan fingerprint density at radius 1 is 1.50 bits per heavy atom. The summed E-state index contributed by atoms with van der Waals surface area (Å²) >= 11 is 3.28. The molecular weight excluding hydrogens is 324 g/mol. The maximum Gasteiger partial charge on any atom is 0.255 e. The molecule has 106 valence electrons. The first-order valence-corrected chi connectivity index (χ1v) is 6.70. The quantitative estimate of drug-likeness (QED) is 0.572. The topological polar surface area (TPSA) is 97.9 Å². The maximum absolute atomic E-state index is 12.2. The van der Waals surface area contributed by atoms with Gasteiger partial charge in [-0.2, -0.15) is 5.10 Å². The van der Waals surface area contributed by atoms with Crippen LogP contribution in [-0.4, -0.2) is 20.7 Å². The van der Waals surface area contributed by atoms with Crippen molar-refractivity contribution in [2.45, 2.75) is 13.5 Å². The van der Waals surface area contributed by atoms with E-state index in [0.717, 1.165) is 11.3 Å². The number of nitrogens with two attached hydrogens (primary N) is 1. The molecule has 2 aromatic rings. The van der Waals surface area contributed by atoms with Crippen LogP contribution in [0.1, 0.15) is 21.6 Å². The first-order valence-electron chi connectivity index (χ1n) is 5.90. The van der Waals surface area contributed by atoms with E-state index in [1.54, 1.807) is 23.1 Å². The Bertz CT molecular complexity index is 639. The fourth-order valence-electron chi connectivity index (χ4n) is 1.72. The molecule has 1 amide bonds. The van der Waals surface area contributed by atoms with Crippen LogP contribution in [0.4, 0.5) is 5.82 Å². The summed E-state index contributed by atoms with van der Waals surface area (Å²) in [5, 5.41) is 6.95. The van der Waals surface area contributed by atoms with Crippen molar-refractivity contribution in [1.29, 1.82) is 0 Å². The molecule has 20 heavy (non-hydrogen) atoms. The van der Waals surface area contributed by atoms with Gasteiger partial charge < -0.3 is 10.7 Å². The van der Waals surface area contributed by atoms with Crippen molar-refractivity contribution >= 4 is 27.7 Å². The van der Waals surface area contributed by atoms with Crippen molar-refractivity contribution in [2.24, 2.45) is 12.9 Å². The highest BCUT2D eigenvalue weighted by molar-refractivity contribution is 9.10. The van der Waals surface area contributed by atoms with Crippen molar-refractivity contribution < 1.29 is 4.79 Å². The number of hydrogen-bond donors (Lipinski definition) is 3. The Kier molecular flexibility index (Phi) is 4.35. The second-order valence-electron chi connectivity index (χ2n) is 4.26. The summed E-state index contributed by atoms with van der Waals surface area (Å²) in [7, 11) is 1.86. The molecule has 2 heterocycles. The average Bonchev–Trinajstić information content (AvgIpc) is 2.76. The Morgan fingerprint density at radius 3 is 2.85 bits per heavy atom. The van der Waals surface area contributed by atoms with Crippen LogP contribution < -0.4 is 16.6 Å². The number of carbonyl (C=O) groups excluding carboxylic acids is 1. The molecule has 0 aliphatic heterocycles. The molecule has 0 unspecified atom stereocenters. The predicted molar refractivity (Wildman–Crippen MR) is 78.9 cm³/mol. The van der Waals surface area contributed by atoms with Crippen LogP contribution in [0, 0.1) is 6.92 Å². The van der Waals surface area contributed by atoms with E-state index in [-0.39, 0.29) is 5.91 Å². The number of anilines is 1. The minimum Gasteiger partial charge on any atom is -0.348 e. The molecule has 0 spiro atoms. The number of hydrogen-bond acceptors (Lipinski definition) is 5. The van der Waals surface area contributed by atoms with Gasteiger partial charge in [0, 0.05) is 35.5 Å². The lowest BCUT2D eigenvalue weighted by molar-refractivity contribution is 0.0951. The Morgan fingerprint density at radius 2 is 2.25 bits per heavy atom. The molecule has 0 fully saturated rings. The molecule has 0 saturated carbocycles. The smallest absolute Gasteiger partial charge is 0.255 e. The van der Waals surface area contributed by atoms with E-state index in [9.17, 15) is 4.79 Å². The third-order valence-corrected chi connectivity index (χ3v) is 3.45. The fraction of sp³-hybridized carbons (Fsp3) is 0.250. The van der Waals surface area contributed by atoms with Gasteiger partial charge in [-0.3, -0.25) is 9.48 Å². The van der Waals surface area contributed by atoms with E-state index in [1.165, 1.54) is 0 Å². The Hall–Kier alpha value is -1.93. The SMILES string of the molecule is Cc1c(CNC(=O)c2cc(Br)cnc2NN)cnn1C. The van der Waals surface area contributed by atoms with Gasteiger partial charge in [0.25, 0.3) is 5.91 Å². The number of halogens is 1. The predicted octanol–water partition coefficient (Wildman–Crippen LogP) is 1.10. The summed E-state index contributed by atoms with van der Waals surface area (Å²) in [5.74, 6) is 5.42. The average molecular weight is 339 g/mol. The zero-order chi connectivity index (χ0) is 14.7. The van der Waals surface area contributed by atoms with E-state index in [2.05, 4.69) is 36.8 Å². The summed E-state index contributed by atoms with van der Waals surface area (Å²) in [5.41, 5.74) is 4.76. The summed E-state index contributed by atoms with van der Waals surface area (Å²) < 4.78 is 2.47. The first kappa shape index (κ1) is 14.5. The number of nitrogens with one attached hydrogen (secondary N) is 2. The Labute approximate surface area is 124 Å². The van der Waals surface area contributed by atoms with E-state index >= 15 is 0 Å². The molecule has 0 saturated heterocycles. The highest BCUT2D eigenvalue weighted by atomic mass is 79.9. The second kappa shape index (κ2) is 6.02. The fourth-order valence-corrected chi connectivity index (χ4v) is 2.05. The lowest BCUT2D eigenvalue weighted by atomic mass is 10.2. The van der Waals surface area contributed by atoms with E-state index < -0.39 is 0 Å². The standard InChI is InChI=1S/C12H15BrN6O/c1-7-8(5-17-19(7)2)4-16-12(20)10-3-9(13)6-15-11(10)18-14/h3,5-6H,4,14H2,1-2H3,(H,15,18)(H,16,20). The number of rotatable bonds is 4. The van der Waals surface area contributed by atoms with Gasteiger partial charge in [-0.05, 0) is 28.9 Å². The number of carbonyl (C=O) groups is 1. The van der Waals surface area contributed by atoms with E-state index in [1.807, 2.05) is 14.0 Å². The highest BCUT2D eigenvalue weighted by Crippen LogP contribution is 2.17. The molecule has 2 aromatic heterocycles. The molecule has 0 bridgehead atoms. The van der Waals surface area contributed by atoms with Gasteiger partial charge in [0.1, 0.15) is 0 Å². The number of nitrogen functional groups attached to an aromatic ring is 1. The summed E-state index contributed by atoms with van der Waals surface area (Å²) in [6.45, 7) is 2.34. The van der Waals surface area contributed by atoms with Crippen LogP contribution in [0.25, 0.3) is 0 Å². The summed E-state index contributed by atoms with van der Waals surface area (Å²) in [6.07, 6.45) is 3.30. The van der Waals surface area contributed by atoms with Crippen LogP contribution in [-0.2, 0) is 13.6 Å².